The number of nitrogens with zero attached hydrogens (tertiary/aromatic N) is 6. The summed E-state index contributed by atoms with van der Waals surface area (Å²) < 4.78 is 0. The molecule has 2 N–H and O–H groups in total. The van der Waals surface area contributed by atoms with Crippen LogP contribution in [0.4, 0.5) is 0 Å². The molecule has 0 spiro atoms. The predicted molar refractivity (Wildman–Crippen MR) is 39.5 cm³/mol. The third-order valence-corrected chi connectivity index (χ3v) is 1.22. The van der Waals surface area contributed by atoms with Gasteiger partial charge in [0.2, 0.25) is 0 Å². The van der Waals surface area contributed by atoms with E-state index in [0.29, 0.717) is 0 Å². The van der Waals surface area contributed by atoms with Crippen LogP contribution in [0.25, 0.3) is 20.9 Å². The van der Waals surface area contributed by atoms with Gasteiger partial charge in [0.25, 0.3) is 5.91 Å². The molecule has 0 saturated carbocycles. The van der Waals surface area contributed by atoms with Crippen molar-refractivity contribution in [2.45, 2.75) is 25.3 Å². The number of hydrogen-bond acceptors (Lipinski definition) is 4. The van der Waals surface area contributed by atoms with Crippen molar-refractivity contribution in [3.63, 3.8) is 0 Å². The monoisotopic (exact) mass is 172 g/mol. The van der Waals surface area contributed by atoms with Gasteiger partial charge < -0.3 is 10.2 Å². The zero-order valence-electron chi connectivity index (χ0n) is 6.36. The molecule has 8 heteroatoms. The summed E-state index contributed by atoms with van der Waals surface area (Å²) in [5.41, 5.74) is 15.9. The second-order valence-electron chi connectivity index (χ2n) is 2.01. The Morgan fingerprint density at radius 2 is 2.00 bits per heavy atom. The fourth-order valence-electron chi connectivity index (χ4n) is 0.628. The van der Waals surface area contributed by atoms with Gasteiger partial charge in [-0.3, -0.25) is 0 Å². The highest BCUT2D eigenvalue weighted by atomic mass is 16.5. The van der Waals surface area contributed by atoms with Crippen LogP contribution in [0.1, 0.15) is 13.3 Å². The molecule has 1 unspecified atom stereocenters. The number of azide groups is 2. The zero-order chi connectivity index (χ0) is 9.61. The minimum Gasteiger partial charge on any atom is -0.361 e. The molecule has 66 valence electrons. The lowest BCUT2D eigenvalue weighted by atomic mass is 10.2. The Labute approximate surface area is 67.7 Å². The summed E-state index contributed by atoms with van der Waals surface area (Å²) in [5.74, 6) is -2.64. The Morgan fingerprint density at radius 3 is 2.33 bits per heavy atom. The van der Waals surface area contributed by atoms with Crippen molar-refractivity contribution in [1.82, 2.24) is 0 Å². The van der Waals surface area contributed by atoms with Crippen LogP contribution >= 0.6 is 0 Å². The van der Waals surface area contributed by atoms with Crippen LogP contribution in [0.3, 0.4) is 0 Å². The van der Waals surface area contributed by atoms with Gasteiger partial charge in [0.1, 0.15) is 0 Å². The minimum absolute atomic E-state index is 0.163. The first-order valence-corrected chi connectivity index (χ1v) is 3.13. The summed E-state index contributed by atoms with van der Waals surface area (Å²) in [6, 6.07) is -1.17. The smallest absolute Gasteiger partial charge is 0.253 e. The maximum absolute atomic E-state index is 8.98. The van der Waals surface area contributed by atoms with E-state index in [4.69, 9.17) is 21.3 Å². The van der Waals surface area contributed by atoms with Crippen LogP contribution in [0.5, 0.6) is 0 Å². The maximum Gasteiger partial charge on any atom is 0.253 e. The van der Waals surface area contributed by atoms with Crippen molar-refractivity contribution in [2.24, 2.45) is 10.2 Å². The Kier molecular flexibility index (Phi) is 3.89. The topological polar surface area (TPSA) is 138 Å². The number of rotatable bonds is 4. The van der Waals surface area contributed by atoms with Gasteiger partial charge in [-0.15, -0.1) is 0 Å². The summed E-state index contributed by atoms with van der Waals surface area (Å²) >= 11 is 0. The van der Waals surface area contributed by atoms with E-state index in [2.05, 4.69) is 20.1 Å². The van der Waals surface area contributed by atoms with Crippen molar-refractivity contribution >= 4 is 0 Å². The molecule has 0 aromatic rings. The third kappa shape index (κ3) is 2.65. The molecule has 12 heavy (non-hydrogen) atoms. The normalized spacial score (nSPS) is 12.6. The highest BCUT2D eigenvalue weighted by molar-refractivity contribution is 4.79. The van der Waals surface area contributed by atoms with Gasteiger partial charge in [-0.25, -0.2) is 0 Å². The van der Waals surface area contributed by atoms with Gasteiger partial charge in [-0.2, -0.15) is 0 Å². The molecular weight excluding hydrogens is 164 g/mol. The molecule has 0 fully saturated rings. The van der Waals surface area contributed by atoms with Gasteiger partial charge in [0.05, 0.1) is 6.04 Å². The molecule has 0 amide bonds. The number of aliphatic hydroxyl groups is 2. The first-order chi connectivity index (χ1) is 5.58. The van der Waals surface area contributed by atoms with Crippen LogP contribution in [0.2, 0.25) is 0 Å². The van der Waals surface area contributed by atoms with Crippen molar-refractivity contribution in [1.29, 1.82) is 0 Å². The first kappa shape index (κ1) is 10.5. The summed E-state index contributed by atoms with van der Waals surface area (Å²) in [6.45, 7) is 1.56. The number of hydrogen-bond donors (Lipinski definition) is 2. The van der Waals surface area contributed by atoms with Crippen molar-refractivity contribution < 1.29 is 10.2 Å². The van der Waals surface area contributed by atoms with E-state index < -0.39 is 12.0 Å². The van der Waals surface area contributed by atoms with Crippen LogP contribution in [-0.4, -0.2) is 22.2 Å². The van der Waals surface area contributed by atoms with Gasteiger partial charge in [-0.05, 0) is 22.6 Å². The standard InChI is InChI=1S/C4H8N6O2/c1-2-3(7-9-5)4(11,12)8-10-6/h3,11-12H,2H2,1H3. The lowest BCUT2D eigenvalue weighted by Gasteiger charge is -2.20. The highest BCUT2D eigenvalue weighted by Gasteiger charge is 2.31. The molecule has 0 heterocycles. The molecule has 1 atom stereocenters. The average molecular weight is 172 g/mol. The van der Waals surface area contributed by atoms with Crippen LogP contribution in [-0.2, 0) is 0 Å². The molecule has 8 nitrogen and oxygen atoms in total. The van der Waals surface area contributed by atoms with E-state index in [9.17, 15) is 0 Å². The molecule has 0 aliphatic carbocycles. The summed E-state index contributed by atoms with van der Waals surface area (Å²) in [7, 11) is 0. The van der Waals surface area contributed by atoms with Crippen LogP contribution in [0, 0.1) is 0 Å². The minimum atomic E-state index is -2.64. The van der Waals surface area contributed by atoms with E-state index in [1.165, 1.54) is 0 Å². The van der Waals surface area contributed by atoms with Gasteiger partial charge >= 0.3 is 0 Å². The van der Waals surface area contributed by atoms with Crippen molar-refractivity contribution in [2.75, 3.05) is 0 Å². The molecule has 0 rings (SSSR count). The Bertz CT molecular complexity index is 238. The molecular formula is C4H8N6O2. The van der Waals surface area contributed by atoms with Gasteiger partial charge in [-0.1, -0.05) is 12.0 Å². The Balaban J connectivity index is 4.68. The van der Waals surface area contributed by atoms with E-state index in [-0.39, 0.29) is 6.42 Å². The fraction of sp³-hybridized carbons (Fsp3) is 1.00. The fourth-order valence-corrected chi connectivity index (χ4v) is 0.628. The predicted octanol–water partition coefficient (Wildman–Crippen LogP) is 1.02. The van der Waals surface area contributed by atoms with E-state index >= 15 is 0 Å². The second kappa shape index (κ2) is 4.42. The molecule has 0 bridgehead atoms. The van der Waals surface area contributed by atoms with Crippen LogP contribution < -0.4 is 0 Å². The highest BCUT2D eigenvalue weighted by Crippen LogP contribution is 2.15. The molecule has 0 aliphatic heterocycles. The van der Waals surface area contributed by atoms with E-state index in [1.54, 1.807) is 6.92 Å². The third-order valence-electron chi connectivity index (χ3n) is 1.22. The molecule has 0 radical (unpaired) electrons. The molecule has 0 aliphatic rings. The zero-order valence-corrected chi connectivity index (χ0v) is 6.36. The lowest BCUT2D eigenvalue weighted by molar-refractivity contribution is -0.170. The van der Waals surface area contributed by atoms with Gasteiger partial charge in [0, 0.05) is 9.82 Å². The first-order valence-electron chi connectivity index (χ1n) is 3.13. The quantitative estimate of drug-likeness (QED) is 0.283. The van der Waals surface area contributed by atoms with Gasteiger partial charge in [0.15, 0.2) is 0 Å². The maximum atomic E-state index is 8.98. The Hall–Kier alpha value is -1.46. The summed E-state index contributed by atoms with van der Waals surface area (Å²) in [5, 5.41) is 23.7. The molecule has 0 saturated heterocycles. The SMILES string of the molecule is CCC(N=[N+]=[N-])C(O)(O)N=[N+]=[N-]. The van der Waals surface area contributed by atoms with Crippen molar-refractivity contribution in [3.05, 3.63) is 20.9 Å². The molecule has 0 aromatic heterocycles. The lowest BCUT2D eigenvalue weighted by Crippen LogP contribution is -2.37. The summed E-state index contributed by atoms with van der Waals surface area (Å²) in [4.78, 5) is 4.58. The summed E-state index contributed by atoms with van der Waals surface area (Å²) in [6.07, 6.45) is 0.163. The van der Waals surface area contributed by atoms with E-state index in [0.717, 1.165) is 0 Å². The van der Waals surface area contributed by atoms with Crippen molar-refractivity contribution in [3.8, 4) is 0 Å². The van der Waals surface area contributed by atoms with E-state index in [1.807, 2.05) is 0 Å². The second-order valence-corrected chi connectivity index (χ2v) is 2.01. The van der Waals surface area contributed by atoms with Crippen LogP contribution in [0.15, 0.2) is 10.2 Å². The average Bonchev–Trinajstić information content (AvgIpc) is 1.99. The molecule has 0 aromatic carbocycles. The largest absolute Gasteiger partial charge is 0.361 e. The Morgan fingerprint density at radius 1 is 1.42 bits per heavy atom.